The monoisotopic (exact) mass is 1500 g/mol. The molecule has 0 spiro atoms. The summed E-state index contributed by atoms with van der Waals surface area (Å²) in [7, 11) is 4.30. The number of methoxy groups -OCH3 is 3. The van der Waals surface area contributed by atoms with E-state index in [9.17, 15) is 91.3 Å². The van der Waals surface area contributed by atoms with Crippen LogP contribution in [0.15, 0.2) is 29.9 Å². The van der Waals surface area contributed by atoms with Crippen LogP contribution < -0.4 is 14.2 Å². The third kappa shape index (κ3) is 14.3. The van der Waals surface area contributed by atoms with Crippen molar-refractivity contribution in [3.8, 4) is 17.2 Å². The SMILES string of the molecule is COc1cc(C=CC(=O)OC2C(C)CC(OC(=O)C34CCC(C)(C)CC3C3=CCC5C6(C)CC(O)C(OC7OC(CO)C(O)C(O)C7O)C(C)(C(=O)O)C6CCC5(C)C3(CO)CC4)C(OC3OC(C)C(OCC4OCC(OC5OC(CO)C(O)C(O)C5O)C(O)C4O)C(O)C3O)C2O)cc(OC)c1OC. The number of ether oxygens (including phenoxy) is 13. The van der Waals surface area contributed by atoms with Crippen molar-refractivity contribution in [2.75, 3.05) is 54.4 Å². The molecule has 34 atom stereocenters. The maximum atomic E-state index is 16.1. The summed E-state index contributed by atoms with van der Waals surface area (Å²) in [5.74, 6) is -4.25. The first-order valence-corrected chi connectivity index (χ1v) is 36.5. The summed E-state index contributed by atoms with van der Waals surface area (Å²) in [4.78, 5) is 44.0. The molecule has 32 nitrogen and oxygen atoms in total. The van der Waals surface area contributed by atoms with Gasteiger partial charge in [0.15, 0.2) is 30.4 Å². The number of hydrogen-bond acceptors (Lipinski definition) is 31. The molecule has 11 rings (SSSR count). The number of carbonyl (C=O) groups excluding carboxylic acids is 2. The molecule has 1 aromatic rings. The Labute approximate surface area is 608 Å². The van der Waals surface area contributed by atoms with Crippen LogP contribution in [0.25, 0.3) is 6.08 Å². The predicted molar refractivity (Wildman–Crippen MR) is 358 cm³/mol. The minimum Gasteiger partial charge on any atom is -0.493 e. The highest BCUT2D eigenvalue weighted by Crippen LogP contribution is 2.76. The highest BCUT2D eigenvalue weighted by Gasteiger charge is 2.74. The Morgan fingerprint density at radius 2 is 1.19 bits per heavy atom. The summed E-state index contributed by atoms with van der Waals surface area (Å²) in [6.07, 6.45) is -32.7. The molecule has 0 aromatic heterocycles. The topological polar surface area (TPSA) is 495 Å². The Balaban J connectivity index is 0.844. The molecule has 4 heterocycles. The van der Waals surface area contributed by atoms with E-state index in [4.69, 9.17) is 61.6 Å². The van der Waals surface area contributed by atoms with Crippen molar-refractivity contribution < 1.29 is 158 Å². The van der Waals surface area contributed by atoms with Crippen LogP contribution in [0.2, 0.25) is 0 Å². The number of aliphatic hydroxyl groups is 15. The number of allylic oxidation sites excluding steroid dienone is 1. The average Bonchev–Trinajstić information content (AvgIpc) is 0.669. The number of aliphatic carboxylic acids is 1. The van der Waals surface area contributed by atoms with Gasteiger partial charge in [-0.15, -0.1) is 0 Å². The van der Waals surface area contributed by atoms with Gasteiger partial charge in [-0.05, 0) is 142 Å². The fraction of sp³-hybridized carbons (Fsp3) is 0.822. The molecular weight excluding hydrogens is 1390 g/mol. The first-order valence-electron chi connectivity index (χ1n) is 36.5. The molecule has 6 aliphatic carbocycles. The van der Waals surface area contributed by atoms with Crippen LogP contribution in [0.3, 0.4) is 0 Å². The maximum absolute atomic E-state index is 16.1. The molecule has 4 aliphatic heterocycles. The largest absolute Gasteiger partial charge is 0.493 e. The summed E-state index contributed by atoms with van der Waals surface area (Å²) < 4.78 is 76.8. The van der Waals surface area contributed by atoms with Crippen molar-refractivity contribution in [2.45, 2.75) is 266 Å². The van der Waals surface area contributed by atoms with Gasteiger partial charge in [-0.25, -0.2) is 4.79 Å². The lowest BCUT2D eigenvalue weighted by Crippen LogP contribution is -2.71. The van der Waals surface area contributed by atoms with Crippen LogP contribution >= 0.6 is 0 Å². The summed E-state index contributed by atoms with van der Waals surface area (Å²) in [6, 6.07) is 3.20. The first kappa shape index (κ1) is 81.6. The second-order valence-electron chi connectivity index (χ2n) is 32.5. The number of fused-ring (bicyclic) bond motifs is 7. The predicted octanol–water partition coefficient (Wildman–Crippen LogP) is -1.51. The fourth-order valence-corrected chi connectivity index (χ4v) is 20.2. The number of rotatable bonds is 21. The Hall–Kier alpha value is -4.41. The number of carbonyl (C=O) groups is 3. The summed E-state index contributed by atoms with van der Waals surface area (Å²) >= 11 is 0. The zero-order chi connectivity index (χ0) is 76.7. The Bertz CT molecular complexity index is 3250. The van der Waals surface area contributed by atoms with E-state index >= 15 is 4.79 Å². The van der Waals surface area contributed by atoms with Crippen molar-refractivity contribution in [3.05, 3.63) is 35.4 Å². The molecule has 4 saturated heterocycles. The van der Waals surface area contributed by atoms with E-state index in [2.05, 4.69) is 26.8 Å². The molecule has 105 heavy (non-hydrogen) atoms. The third-order valence-corrected chi connectivity index (χ3v) is 26.2. The average molecular weight is 1500 g/mol. The smallest absolute Gasteiger partial charge is 0.331 e. The van der Waals surface area contributed by atoms with Gasteiger partial charge >= 0.3 is 17.9 Å². The number of carboxylic acids is 1. The molecule has 5 saturated carbocycles. The van der Waals surface area contributed by atoms with Crippen LogP contribution in [0.1, 0.15) is 118 Å². The highest BCUT2D eigenvalue weighted by atomic mass is 16.7. The molecule has 0 bridgehead atoms. The van der Waals surface area contributed by atoms with Crippen molar-refractivity contribution in [3.63, 3.8) is 0 Å². The Morgan fingerprint density at radius 1 is 0.600 bits per heavy atom. The molecule has 0 amide bonds. The standard InChI is InChI=1S/C73H110O32/c1-31-21-39(102-67(92)72-18-17-68(3,4)24-35(72)34-12-13-44-69(5)25-36(77)62(105-65-55(87)52(84)48(80)41(27-75)100-65)71(7,66(90)91)45(69)15-16-70(44,6)73(34,30-76)20-19-72)61(57(89)58(31)103-46(78)14-11-33-22-37(93-8)60(95-10)38(23-33)94-9)104-63-56(88)53(85)59(32(2)98-63)97-28-42-49(81)50(82)43(29-96-42)101-64-54(86)51(83)47(79)40(26-74)99-64/h11-12,14,22-23,31-32,35-36,39-45,47-59,61-65,74-77,79-89H,13,15-21,24-30H2,1-10H3,(H,90,91). The van der Waals surface area contributed by atoms with Gasteiger partial charge in [0.2, 0.25) is 5.75 Å². The van der Waals surface area contributed by atoms with Crippen molar-refractivity contribution in [1.29, 1.82) is 0 Å². The van der Waals surface area contributed by atoms with E-state index < -0.39 is 242 Å². The lowest BCUT2D eigenvalue weighted by atomic mass is 9.33. The van der Waals surface area contributed by atoms with E-state index in [-0.39, 0.29) is 50.0 Å². The number of benzene rings is 1. The summed E-state index contributed by atoms with van der Waals surface area (Å²) in [5, 5.41) is 178. The van der Waals surface area contributed by atoms with Crippen molar-refractivity contribution in [2.24, 2.45) is 56.2 Å². The maximum Gasteiger partial charge on any atom is 0.331 e. The zero-order valence-corrected chi connectivity index (χ0v) is 60.9. The van der Waals surface area contributed by atoms with Crippen LogP contribution in [-0.4, -0.2) is 307 Å². The van der Waals surface area contributed by atoms with Gasteiger partial charge in [-0.1, -0.05) is 46.3 Å². The van der Waals surface area contributed by atoms with Gasteiger partial charge in [0.25, 0.3) is 0 Å². The highest BCUT2D eigenvalue weighted by molar-refractivity contribution is 5.87. The lowest BCUT2D eigenvalue weighted by molar-refractivity contribution is -0.341. The van der Waals surface area contributed by atoms with Gasteiger partial charge in [-0.2, -0.15) is 0 Å². The van der Waals surface area contributed by atoms with Crippen LogP contribution in [0.4, 0.5) is 0 Å². The summed E-state index contributed by atoms with van der Waals surface area (Å²) in [6.45, 7) is 10.2. The zero-order valence-electron chi connectivity index (χ0n) is 60.9. The molecule has 9 fully saturated rings. The number of hydrogen-bond donors (Lipinski definition) is 16. The molecule has 32 heteroatoms. The van der Waals surface area contributed by atoms with Crippen molar-refractivity contribution in [1.82, 2.24) is 0 Å². The van der Waals surface area contributed by atoms with E-state index in [0.717, 1.165) is 11.6 Å². The first-order chi connectivity index (χ1) is 49.5. The third-order valence-electron chi connectivity index (χ3n) is 26.2. The fourth-order valence-electron chi connectivity index (χ4n) is 20.2. The normalized spacial score (nSPS) is 47.6. The molecule has 1 aromatic carbocycles. The number of esters is 2. The van der Waals surface area contributed by atoms with Gasteiger partial charge < -0.3 is 143 Å². The quantitative estimate of drug-likeness (QED) is 0.0288. The van der Waals surface area contributed by atoms with E-state index in [1.54, 1.807) is 19.1 Å². The second-order valence-corrected chi connectivity index (χ2v) is 32.5. The molecule has 16 N–H and O–H groups in total. The van der Waals surface area contributed by atoms with Crippen LogP contribution in [-0.2, 0) is 61.8 Å². The van der Waals surface area contributed by atoms with E-state index in [1.807, 2.05) is 6.92 Å². The van der Waals surface area contributed by atoms with Crippen molar-refractivity contribution >= 4 is 24.0 Å². The van der Waals surface area contributed by atoms with Gasteiger partial charge in [-0.3, -0.25) is 9.59 Å². The van der Waals surface area contributed by atoms with Gasteiger partial charge in [0.1, 0.15) is 122 Å². The Kier molecular flexibility index (Phi) is 24.4. The Morgan fingerprint density at radius 3 is 1.78 bits per heavy atom. The molecule has 34 unspecified atom stereocenters. The molecular formula is C73H110O32. The number of aliphatic hydroxyl groups excluding tert-OH is 15. The van der Waals surface area contributed by atoms with Crippen LogP contribution in [0, 0.1) is 56.2 Å². The molecule has 10 aliphatic rings. The number of carboxylic acid groups (broad SMARTS) is 1. The minimum atomic E-state index is -1.97. The van der Waals surface area contributed by atoms with Crippen LogP contribution in [0.5, 0.6) is 17.2 Å². The van der Waals surface area contributed by atoms with Gasteiger partial charge in [0, 0.05) is 11.5 Å². The summed E-state index contributed by atoms with van der Waals surface area (Å²) in [5.41, 5.74) is -4.85. The molecule has 594 valence electrons. The van der Waals surface area contributed by atoms with E-state index in [1.165, 1.54) is 41.3 Å². The van der Waals surface area contributed by atoms with Gasteiger partial charge in [0.05, 0.1) is 77.4 Å². The second kappa shape index (κ2) is 31.4. The van der Waals surface area contributed by atoms with E-state index in [0.29, 0.717) is 54.9 Å². The lowest BCUT2D eigenvalue weighted by Gasteiger charge is -2.71. The minimum absolute atomic E-state index is 0.0168. The molecule has 0 radical (unpaired) electrons.